The van der Waals surface area contributed by atoms with Crippen LogP contribution in [0.2, 0.25) is 0 Å². The van der Waals surface area contributed by atoms with Crippen LogP contribution in [-0.4, -0.2) is 28.6 Å². The van der Waals surface area contributed by atoms with Crippen LogP contribution in [0.5, 0.6) is 0 Å². The lowest BCUT2D eigenvalue weighted by Gasteiger charge is -2.41. The van der Waals surface area contributed by atoms with E-state index in [2.05, 4.69) is 42.2 Å². The molecule has 0 spiro atoms. The van der Waals surface area contributed by atoms with Crippen molar-refractivity contribution in [3.8, 4) is 0 Å². The molecule has 0 aliphatic heterocycles. The predicted octanol–water partition coefficient (Wildman–Crippen LogP) is 3.21. The molecular weight excluding hydrogens is 298 g/mol. The molecule has 1 aromatic heterocycles. The maximum Gasteiger partial charge on any atom is 0.191 e. The van der Waals surface area contributed by atoms with Gasteiger partial charge in [-0.2, -0.15) is 0 Å². The Morgan fingerprint density at radius 3 is 2.67 bits per heavy atom. The molecule has 1 heterocycles. The number of nitrogens with zero attached hydrogens (tertiary/aromatic N) is 3. The molecule has 0 saturated heterocycles. The summed E-state index contributed by atoms with van der Waals surface area (Å²) < 4.78 is 2.13. The third-order valence-electron chi connectivity index (χ3n) is 5.40. The number of aliphatic imine (C=N–C) groups is 1. The Labute approximate surface area is 144 Å². The van der Waals surface area contributed by atoms with E-state index >= 15 is 0 Å². The van der Waals surface area contributed by atoms with E-state index in [-0.39, 0.29) is 0 Å². The highest BCUT2D eigenvalue weighted by Gasteiger charge is 2.34. The van der Waals surface area contributed by atoms with Crippen molar-refractivity contribution in [3.05, 3.63) is 30.1 Å². The molecule has 2 N–H and O–H groups in total. The first-order chi connectivity index (χ1) is 11.7. The van der Waals surface area contributed by atoms with Crippen molar-refractivity contribution < 1.29 is 0 Å². The molecule has 1 aliphatic carbocycles. The van der Waals surface area contributed by atoms with E-state index in [4.69, 9.17) is 9.98 Å². The zero-order chi connectivity index (χ0) is 17.0. The summed E-state index contributed by atoms with van der Waals surface area (Å²) in [6, 6.07) is 8.22. The summed E-state index contributed by atoms with van der Waals surface area (Å²) in [5.41, 5.74) is 2.66. The number of para-hydroxylation sites is 2. The van der Waals surface area contributed by atoms with Crippen LogP contribution in [0.25, 0.3) is 11.0 Å². The summed E-state index contributed by atoms with van der Waals surface area (Å²) in [6.07, 6.45) is 5.27. The quantitative estimate of drug-likeness (QED) is 0.633. The summed E-state index contributed by atoms with van der Waals surface area (Å²) in [7, 11) is 2.06. The minimum Gasteiger partial charge on any atom is -0.357 e. The van der Waals surface area contributed by atoms with Gasteiger partial charge in [0.15, 0.2) is 5.96 Å². The second kappa shape index (κ2) is 7.24. The smallest absolute Gasteiger partial charge is 0.191 e. The Hall–Kier alpha value is -2.04. The zero-order valence-electron chi connectivity index (χ0n) is 15.1. The van der Waals surface area contributed by atoms with Crippen LogP contribution in [0, 0.1) is 5.41 Å². The van der Waals surface area contributed by atoms with Gasteiger partial charge in [0, 0.05) is 20.1 Å². The number of hydrogen-bond donors (Lipinski definition) is 2. The summed E-state index contributed by atoms with van der Waals surface area (Å²) >= 11 is 0. The monoisotopic (exact) mass is 327 g/mol. The number of imidazole rings is 1. The van der Waals surface area contributed by atoms with E-state index in [1.165, 1.54) is 25.7 Å². The average molecular weight is 327 g/mol. The third-order valence-corrected chi connectivity index (χ3v) is 5.40. The fourth-order valence-electron chi connectivity index (χ4n) is 3.43. The van der Waals surface area contributed by atoms with Gasteiger partial charge in [-0.1, -0.05) is 25.5 Å². The molecule has 0 bridgehead atoms. The molecule has 130 valence electrons. The van der Waals surface area contributed by atoms with Crippen LogP contribution in [0.15, 0.2) is 29.3 Å². The van der Waals surface area contributed by atoms with Crippen molar-refractivity contribution in [1.29, 1.82) is 0 Å². The van der Waals surface area contributed by atoms with Crippen molar-refractivity contribution in [2.75, 3.05) is 13.1 Å². The summed E-state index contributed by atoms with van der Waals surface area (Å²) in [6.45, 7) is 6.86. The summed E-state index contributed by atoms with van der Waals surface area (Å²) in [5.74, 6) is 1.88. The Morgan fingerprint density at radius 1 is 1.25 bits per heavy atom. The SMILES string of the molecule is CCNC(=NCc1nc2ccccc2n1C)NCC1(CC)CCC1. The van der Waals surface area contributed by atoms with Gasteiger partial charge in [0.25, 0.3) is 0 Å². The molecule has 2 aromatic rings. The lowest BCUT2D eigenvalue weighted by Crippen LogP contribution is -2.46. The van der Waals surface area contributed by atoms with Crippen LogP contribution >= 0.6 is 0 Å². The van der Waals surface area contributed by atoms with Gasteiger partial charge in [-0.25, -0.2) is 9.98 Å². The zero-order valence-corrected chi connectivity index (χ0v) is 15.1. The first-order valence-electron chi connectivity index (χ1n) is 9.10. The van der Waals surface area contributed by atoms with Crippen molar-refractivity contribution in [1.82, 2.24) is 20.2 Å². The maximum atomic E-state index is 4.75. The van der Waals surface area contributed by atoms with Crippen LogP contribution in [-0.2, 0) is 13.6 Å². The first kappa shape index (κ1) is 16.8. The van der Waals surface area contributed by atoms with Crippen molar-refractivity contribution in [3.63, 3.8) is 0 Å². The maximum absolute atomic E-state index is 4.75. The Balaban J connectivity index is 1.69. The molecule has 0 radical (unpaired) electrons. The summed E-state index contributed by atoms with van der Waals surface area (Å²) in [4.78, 5) is 9.44. The molecule has 24 heavy (non-hydrogen) atoms. The topological polar surface area (TPSA) is 54.2 Å². The number of benzene rings is 1. The van der Waals surface area contributed by atoms with E-state index in [9.17, 15) is 0 Å². The molecular formula is C19H29N5. The van der Waals surface area contributed by atoms with E-state index in [1.54, 1.807) is 0 Å². The predicted molar refractivity (Wildman–Crippen MR) is 100 cm³/mol. The fraction of sp³-hybridized carbons (Fsp3) is 0.579. The highest BCUT2D eigenvalue weighted by atomic mass is 15.2. The minimum atomic E-state index is 0.480. The van der Waals surface area contributed by atoms with Gasteiger partial charge in [-0.3, -0.25) is 0 Å². The molecule has 3 rings (SSSR count). The Kier molecular flexibility index (Phi) is 5.07. The molecule has 0 amide bonds. The van der Waals surface area contributed by atoms with Gasteiger partial charge in [0.1, 0.15) is 12.4 Å². The Morgan fingerprint density at radius 2 is 2.04 bits per heavy atom. The minimum absolute atomic E-state index is 0.480. The standard InChI is InChI=1S/C19H29N5/c1-4-19(11-8-12-19)14-22-18(20-5-2)21-13-17-23-15-9-6-7-10-16(15)24(17)3/h6-7,9-10H,4-5,8,11-14H2,1-3H3,(H2,20,21,22). The second-order valence-electron chi connectivity index (χ2n) is 6.83. The third kappa shape index (κ3) is 3.40. The van der Waals surface area contributed by atoms with E-state index in [0.717, 1.165) is 35.9 Å². The van der Waals surface area contributed by atoms with Crippen LogP contribution in [0.4, 0.5) is 0 Å². The van der Waals surface area contributed by atoms with E-state index in [0.29, 0.717) is 12.0 Å². The summed E-state index contributed by atoms with van der Waals surface area (Å²) in [5, 5.41) is 6.89. The molecule has 1 fully saturated rings. The number of aryl methyl sites for hydroxylation is 1. The lowest BCUT2D eigenvalue weighted by molar-refractivity contribution is 0.131. The van der Waals surface area contributed by atoms with Crippen molar-refractivity contribution >= 4 is 17.0 Å². The van der Waals surface area contributed by atoms with Gasteiger partial charge < -0.3 is 15.2 Å². The first-order valence-corrected chi connectivity index (χ1v) is 9.10. The molecule has 5 heteroatoms. The molecule has 0 atom stereocenters. The van der Waals surface area contributed by atoms with Crippen molar-refractivity contribution in [2.24, 2.45) is 17.5 Å². The highest BCUT2D eigenvalue weighted by molar-refractivity contribution is 5.80. The van der Waals surface area contributed by atoms with Crippen molar-refractivity contribution in [2.45, 2.75) is 46.1 Å². The second-order valence-corrected chi connectivity index (χ2v) is 6.83. The Bertz CT molecular complexity index is 706. The largest absolute Gasteiger partial charge is 0.357 e. The van der Waals surface area contributed by atoms with Crippen LogP contribution < -0.4 is 10.6 Å². The normalized spacial score (nSPS) is 16.9. The van der Waals surface area contributed by atoms with Gasteiger partial charge in [-0.15, -0.1) is 0 Å². The van der Waals surface area contributed by atoms with Gasteiger partial charge in [0.05, 0.1) is 11.0 Å². The number of hydrogen-bond acceptors (Lipinski definition) is 2. The highest BCUT2D eigenvalue weighted by Crippen LogP contribution is 2.42. The number of fused-ring (bicyclic) bond motifs is 1. The van der Waals surface area contributed by atoms with Crippen LogP contribution in [0.3, 0.4) is 0 Å². The number of guanidine groups is 1. The van der Waals surface area contributed by atoms with Crippen LogP contribution in [0.1, 0.15) is 45.4 Å². The molecule has 1 aliphatic rings. The fourth-order valence-corrected chi connectivity index (χ4v) is 3.43. The van der Waals surface area contributed by atoms with Gasteiger partial charge in [-0.05, 0) is 43.7 Å². The molecule has 1 aromatic carbocycles. The lowest BCUT2D eigenvalue weighted by atomic mass is 9.67. The molecule has 1 saturated carbocycles. The van der Waals surface area contributed by atoms with E-state index in [1.807, 2.05) is 18.2 Å². The van der Waals surface area contributed by atoms with Gasteiger partial charge in [0.2, 0.25) is 0 Å². The number of nitrogens with one attached hydrogen (secondary N) is 2. The molecule has 0 unspecified atom stereocenters. The molecule has 5 nitrogen and oxygen atoms in total. The van der Waals surface area contributed by atoms with E-state index < -0.39 is 0 Å². The van der Waals surface area contributed by atoms with Gasteiger partial charge >= 0.3 is 0 Å². The number of aromatic nitrogens is 2. The average Bonchev–Trinajstić information content (AvgIpc) is 2.88. The number of rotatable bonds is 6.